The lowest BCUT2D eigenvalue weighted by Crippen LogP contribution is -2.23. The molecule has 0 heterocycles. The van der Waals surface area contributed by atoms with E-state index in [0.29, 0.717) is 16.8 Å². The molecular weight excluding hydrogens is 382 g/mol. The number of carbonyl (C=O) groups is 2. The first-order valence-electron chi connectivity index (χ1n) is 9.25. The maximum absolute atomic E-state index is 12.7. The average molecular weight is 401 g/mol. The second-order valence-electron chi connectivity index (χ2n) is 6.53. The smallest absolute Gasteiger partial charge is 0.269 e. The number of nitrogens with one attached hydrogen (secondary N) is 1. The number of nitro groups is 1. The Bertz CT molecular complexity index is 1060. The summed E-state index contributed by atoms with van der Waals surface area (Å²) in [5.74, 6) is -0.553. The van der Waals surface area contributed by atoms with Gasteiger partial charge >= 0.3 is 0 Å². The highest BCUT2D eigenvalue weighted by atomic mass is 16.6. The summed E-state index contributed by atoms with van der Waals surface area (Å²) in [6, 6.07) is 23.7. The fourth-order valence-corrected chi connectivity index (χ4v) is 2.81. The Balaban J connectivity index is 1.75. The van der Waals surface area contributed by atoms with Gasteiger partial charge in [0.2, 0.25) is 5.91 Å². The molecule has 30 heavy (non-hydrogen) atoms. The van der Waals surface area contributed by atoms with Gasteiger partial charge in [-0.2, -0.15) is 5.10 Å². The zero-order valence-electron chi connectivity index (χ0n) is 16.0. The third-order valence-electron chi connectivity index (χ3n) is 4.36. The summed E-state index contributed by atoms with van der Waals surface area (Å²) in [7, 11) is 0. The van der Waals surface area contributed by atoms with E-state index in [1.165, 1.54) is 24.3 Å². The average Bonchev–Trinajstić information content (AvgIpc) is 2.77. The van der Waals surface area contributed by atoms with Crippen LogP contribution in [0.3, 0.4) is 0 Å². The molecule has 0 aliphatic heterocycles. The molecule has 7 nitrogen and oxygen atoms in total. The molecule has 0 aromatic heterocycles. The molecule has 0 aliphatic carbocycles. The summed E-state index contributed by atoms with van der Waals surface area (Å²) >= 11 is 0. The molecular formula is C23H19N3O4. The van der Waals surface area contributed by atoms with Crippen LogP contribution in [0.2, 0.25) is 0 Å². The molecule has 3 aromatic carbocycles. The number of nitro benzene ring substituents is 1. The lowest BCUT2D eigenvalue weighted by atomic mass is 10.0. The maximum atomic E-state index is 12.7. The van der Waals surface area contributed by atoms with Crippen LogP contribution < -0.4 is 5.43 Å². The minimum Gasteiger partial charge on any atom is -0.294 e. The first-order chi connectivity index (χ1) is 14.5. The molecule has 0 unspecified atom stereocenters. The van der Waals surface area contributed by atoms with E-state index in [1.807, 2.05) is 48.5 Å². The van der Waals surface area contributed by atoms with Gasteiger partial charge in [-0.3, -0.25) is 19.7 Å². The Morgan fingerprint density at radius 1 is 0.833 bits per heavy atom. The number of nitrogens with zero attached hydrogens (tertiary/aromatic N) is 2. The van der Waals surface area contributed by atoms with Crippen molar-refractivity contribution in [3.05, 3.63) is 112 Å². The van der Waals surface area contributed by atoms with E-state index >= 15 is 0 Å². The summed E-state index contributed by atoms with van der Waals surface area (Å²) < 4.78 is 0. The van der Waals surface area contributed by atoms with Gasteiger partial charge in [0.25, 0.3) is 5.69 Å². The molecule has 150 valence electrons. The summed E-state index contributed by atoms with van der Waals surface area (Å²) in [5.41, 5.74) is 4.72. The molecule has 3 rings (SSSR count). The molecule has 7 heteroatoms. The fraction of sp³-hybridized carbons (Fsp3) is 0.0870. The summed E-state index contributed by atoms with van der Waals surface area (Å²) in [6.07, 6.45) is 0.107. The number of hydrogen-bond donors (Lipinski definition) is 1. The number of amides is 1. The van der Waals surface area contributed by atoms with E-state index in [9.17, 15) is 19.7 Å². The molecule has 3 aromatic rings. The predicted molar refractivity (Wildman–Crippen MR) is 113 cm³/mol. The second-order valence-corrected chi connectivity index (χ2v) is 6.53. The van der Waals surface area contributed by atoms with Crippen molar-refractivity contribution < 1.29 is 14.5 Å². The van der Waals surface area contributed by atoms with E-state index in [4.69, 9.17) is 0 Å². The van der Waals surface area contributed by atoms with Crippen molar-refractivity contribution >= 4 is 23.1 Å². The number of non-ortho nitro benzene ring substituents is 1. The van der Waals surface area contributed by atoms with Crippen LogP contribution in [0.25, 0.3) is 0 Å². The van der Waals surface area contributed by atoms with Crippen molar-refractivity contribution in [2.24, 2.45) is 5.10 Å². The number of Topliss-reactive ketones (excluding diaryl/α,β-unsaturated/α-hetero) is 1. The lowest BCUT2D eigenvalue weighted by molar-refractivity contribution is -0.384. The van der Waals surface area contributed by atoms with Crippen molar-refractivity contribution in [1.29, 1.82) is 0 Å². The Morgan fingerprint density at radius 3 is 2.03 bits per heavy atom. The minimum atomic E-state index is -0.520. The summed E-state index contributed by atoms with van der Waals surface area (Å²) in [5, 5.41) is 15.0. The largest absolute Gasteiger partial charge is 0.294 e. The Labute approximate surface area is 173 Å². The summed E-state index contributed by atoms with van der Waals surface area (Å²) in [6.45, 7) is 0. The van der Waals surface area contributed by atoms with E-state index in [0.717, 1.165) is 5.56 Å². The van der Waals surface area contributed by atoms with Crippen molar-refractivity contribution in [2.45, 2.75) is 12.8 Å². The fourth-order valence-electron chi connectivity index (χ4n) is 2.81. The van der Waals surface area contributed by atoms with Gasteiger partial charge in [-0.05, 0) is 23.3 Å². The predicted octanol–water partition coefficient (Wildman–Crippen LogP) is 3.93. The standard InChI is InChI=1S/C23H19N3O4/c27-22(19-11-13-20(14-12-19)26(29)30)16-21(18-9-5-2-6-10-18)24-25-23(28)15-17-7-3-1-4-8-17/h1-14H,15-16H2,(H,25,28)/b24-21+. The van der Waals surface area contributed by atoms with Crippen LogP contribution in [0.5, 0.6) is 0 Å². The topological polar surface area (TPSA) is 102 Å². The first kappa shape index (κ1) is 20.6. The SMILES string of the molecule is O=C(Cc1ccccc1)N/N=C(\CC(=O)c1ccc([N+](=O)[O-])cc1)c1ccccc1. The third kappa shape index (κ3) is 5.68. The minimum absolute atomic E-state index is 0.0621. The van der Waals surface area contributed by atoms with E-state index in [2.05, 4.69) is 10.5 Å². The number of benzene rings is 3. The van der Waals surface area contributed by atoms with Crippen LogP contribution in [0.4, 0.5) is 5.69 Å². The molecule has 0 saturated heterocycles. The zero-order chi connectivity index (χ0) is 21.3. The molecule has 0 atom stereocenters. The van der Waals surface area contributed by atoms with Crippen molar-refractivity contribution in [1.82, 2.24) is 5.43 Å². The number of hydrogen-bond acceptors (Lipinski definition) is 5. The van der Waals surface area contributed by atoms with Gasteiger partial charge in [-0.25, -0.2) is 5.43 Å². The van der Waals surface area contributed by atoms with Crippen LogP contribution in [0, 0.1) is 10.1 Å². The molecule has 1 N–H and O–H groups in total. The van der Waals surface area contributed by atoms with E-state index in [-0.39, 0.29) is 30.2 Å². The summed E-state index contributed by atoms with van der Waals surface area (Å²) in [4.78, 5) is 35.2. The highest BCUT2D eigenvalue weighted by Crippen LogP contribution is 2.15. The molecule has 0 bridgehead atoms. The quantitative estimate of drug-likeness (QED) is 0.267. The van der Waals surface area contributed by atoms with Crippen molar-refractivity contribution in [3.63, 3.8) is 0 Å². The first-order valence-corrected chi connectivity index (χ1v) is 9.25. The molecule has 0 saturated carbocycles. The lowest BCUT2D eigenvalue weighted by Gasteiger charge is -2.08. The Hall–Kier alpha value is -4.13. The van der Waals surface area contributed by atoms with Crippen molar-refractivity contribution in [3.8, 4) is 0 Å². The van der Waals surface area contributed by atoms with Crippen LogP contribution in [-0.4, -0.2) is 22.3 Å². The molecule has 1 amide bonds. The maximum Gasteiger partial charge on any atom is 0.269 e. The highest BCUT2D eigenvalue weighted by Gasteiger charge is 2.14. The van der Waals surface area contributed by atoms with E-state index < -0.39 is 4.92 Å². The molecule has 0 aliphatic rings. The monoisotopic (exact) mass is 401 g/mol. The van der Waals surface area contributed by atoms with Crippen LogP contribution in [0.15, 0.2) is 90.0 Å². The zero-order valence-corrected chi connectivity index (χ0v) is 16.0. The Kier molecular flexibility index (Phi) is 6.78. The number of rotatable bonds is 8. The van der Waals surface area contributed by atoms with Gasteiger partial charge in [0, 0.05) is 17.7 Å². The van der Waals surface area contributed by atoms with Crippen LogP contribution in [-0.2, 0) is 11.2 Å². The number of hydrazone groups is 1. The second kappa shape index (κ2) is 9.88. The van der Waals surface area contributed by atoms with Gasteiger partial charge in [0.1, 0.15) is 0 Å². The highest BCUT2D eigenvalue weighted by molar-refractivity contribution is 6.16. The third-order valence-corrected chi connectivity index (χ3v) is 4.36. The van der Waals surface area contributed by atoms with Crippen LogP contribution >= 0.6 is 0 Å². The number of ketones is 1. The van der Waals surface area contributed by atoms with Gasteiger partial charge in [0.05, 0.1) is 23.5 Å². The molecule has 0 spiro atoms. The number of carbonyl (C=O) groups excluding carboxylic acids is 2. The van der Waals surface area contributed by atoms with E-state index in [1.54, 1.807) is 12.1 Å². The van der Waals surface area contributed by atoms with Crippen LogP contribution in [0.1, 0.15) is 27.9 Å². The Morgan fingerprint density at radius 2 is 1.43 bits per heavy atom. The molecule has 0 radical (unpaired) electrons. The molecule has 0 fully saturated rings. The normalized spacial score (nSPS) is 11.0. The van der Waals surface area contributed by atoms with Gasteiger partial charge in [-0.1, -0.05) is 60.7 Å². The van der Waals surface area contributed by atoms with Gasteiger partial charge in [0.15, 0.2) is 5.78 Å². The van der Waals surface area contributed by atoms with Gasteiger partial charge in [-0.15, -0.1) is 0 Å². The van der Waals surface area contributed by atoms with Crippen molar-refractivity contribution in [2.75, 3.05) is 0 Å². The van der Waals surface area contributed by atoms with Gasteiger partial charge < -0.3 is 0 Å².